The zero-order valence-electron chi connectivity index (χ0n) is 12.0. The zero-order chi connectivity index (χ0) is 15.9. The Balaban J connectivity index is 1.90. The van der Waals surface area contributed by atoms with E-state index in [0.717, 1.165) is 6.42 Å². The minimum atomic E-state index is -1.13. The second kappa shape index (κ2) is 7.21. The molecular formula is C14H17N4O4+. The summed E-state index contributed by atoms with van der Waals surface area (Å²) in [5.41, 5.74) is 1.17. The molecule has 1 atom stereocenters. The normalized spacial score (nSPS) is 11.7. The predicted octanol–water partition coefficient (Wildman–Crippen LogP) is 0.972. The van der Waals surface area contributed by atoms with Crippen molar-refractivity contribution in [1.29, 1.82) is 0 Å². The van der Waals surface area contributed by atoms with Crippen molar-refractivity contribution in [3.05, 3.63) is 42.1 Å². The second-order valence-corrected chi connectivity index (χ2v) is 4.79. The highest BCUT2D eigenvalue weighted by atomic mass is 16.5. The first-order valence-electron chi connectivity index (χ1n) is 6.73. The lowest BCUT2D eigenvalue weighted by molar-refractivity contribution is -0.782. The van der Waals surface area contributed by atoms with E-state index in [-0.39, 0.29) is 11.9 Å². The molecule has 0 saturated carbocycles. The highest BCUT2D eigenvalue weighted by Gasteiger charge is 2.21. The summed E-state index contributed by atoms with van der Waals surface area (Å²) in [6.07, 6.45) is 2.32. The number of hydrogen-bond donors (Lipinski definition) is 3. The van der Waals surface area contributed by atoms with Crippen LogP contribution in [0.25, 0.3) is 0 Å². The Morgan fingerprint density at radius 2 is 2.09 bits per heavy atom. The van der Waals surface area contributed by atoms with Crippen LogP contribution >= 0.6 is 0 Å². The molecule has 8 nitrogen and oxygen atoms in total. The monoisotopic (exact) mass is 305 g/mol. The van der Waals surface area contributed by atoms with Crippen LogP contribution in [-0.4, -0.2) is 28.9 Å². The molecule has 1 aromatic carbocycles. The summed E-state index contributed by atoms with van der Waals surface area (Å²) in [5.74, 6) is -0.984. The van der Waals surface area contributed by atoms with Gasteiger partial charge in [-0.2, -0.15) is 0 Å². The van der Waals surface area contributed by atoms with Crippen molar-refractivity contribution in [2.24, 2.45) is 0 Å². The van der Waals surface area contributed by atoms with Crippen LogP contribution in [0.2, 0.25) is 0 Å². The number of carbonyl (C=O) groups is 2. The lowest BCUT2D eigenvalue weighted by Crippen LogP contribution is -2.40. The molecule has 0 fully saturated rings. The topological polar surface area (TPSA) is 108 Å². The molecule has 2 aromatic rings. The molecule has 0 unspecified atom stereocenters. The van der Waals surface area contributed by atoms with Gasteiger partial charge < -0.3 is 10.4 Å². The number of nitrogens with zero attached hydrogens (tertiary/aromatic N) is 2. The third-order valence-corrected chi connectivity index (χ3v) is 2.95. The van der Waals surface area contributed by atoms with Crippen LogP contribution in [0.4, 0.5) is 10.7 Å². The number of carboxylic acid groups (broad SMARTS) is 1. The Kier molecular flexibility index (Phi) is 5.07. The Bertz CT molecular complexity index is 641. The summed E-state index contributed by atoms with van der Waals surface area (Å²) in [6, 6.07) is 9.32. The van der Waals surface area contributed by atoms with E-state index < -0.39 is 18.5 Å². The van der Waals surface area contributed by atoms with Crippen LogP contribution in [0.15, 0.2) is 41.1 Å². The summed E-state index contributed by atoms with van der Waals surface area (Å²) < 4.78 is 6.59. The number of aliphatic carboxylic acids is 1. The van der Waals surface area contributed by atoms with Gasteiger partial charge in [0.15, 0.2) is 6.04 Å². The maximum Gasteiger partial charge on any atom is 0.323 e. The maximum atomic E-state index is 11.4. The molecular weight excluding hydrogens is 288 g/mol. The number of benzene rings is 1. The number of aromatic nitrogens is 2. The van der Waals surface area contributed by atoms with Crippen LogP contribution in [-0.2, 0) is 11.2 Å². The van der Waals surface area contributed by atoms with Gasteiger partial charge in [0.25, 0.3) is 6.20 Å². The fourth-order valence-corrected chi connectivity index (χ4v) is 1.88. The fourth-order valence-electron chi connectivity index (χ4n) is 1.88. The van der Waals surface area contributed by atoms with Crippen LogP contribution < -0.4 is 15.3 Å². The first-order valence-corrected chi connectivity index (χ1v) is 6.73. The van der Waals surface area contributed by atoms with Crippen LogP contribution in [0.1, 0.15) is 18.5 Å². The Morgan fingerprint density at radius 3 is 2.77 bits per heavy atom. The molecule has 0 spiro atoms. The molecule has 1 heterocycles. The van der Waals surface area contributed by atoms with Crippen LogP contribution in [0, 0.1) is 0 Å². The third-order valence-electron chi connectivity index (χ3n) is 2.95. The number of anilines is 1. The van der Waals surface area contributed by atoms with Gasteiger partial charge in [-0.15, -0.1) is 0 Å². The zero-order valence-corrected chi connectivity index (χ0v) is 12.0. The summed E-state index contributed by atoms with van der Waals surface area (Å²) in [7, 11) is 0. The average Bonchev–Trinajstić information content (AvgIpc) is 2.95. The van der Waals surface area contributed by atoms with E-state index >= 15 is 0 Å². The summed E-state index contributed by atoms with van der Waals surface area (Å²) in [4.78, 5) is 21.7. The van der Waals surface area contributed by atoms with E-state index in [1.54, 1.807) is 10.9 Å². The molecule has 116 valence electrons. The molecule has 22 heavy (non-hydrogen) atoms. The predicted molar refractivity (Wildman–Crippen MR) is 76.2 cm³/mol. The number of urea groups is 1. The molecule has 0 aliphatic heterocycles. The number of nitrogens with one attached hydrogen (secondary N) is 2. The number of rotatable bonds is 6. The van der Waals surface area contributed by atoms with E-state index in [1.807, 2.05) is 37.3 Å². The molecule has 2 rings (SSSR count). The summed E-state index contributed by atoms with van der Waals surface area (Å²) in [5, 5.41) is 16.8. The first kappa shape index (κ1) is 15.5. The third kappa shape index (κ3) is 4.58. The van der Waals surface area contributed by atoms with Gasteiger partial charge in [-0.25, -0.2) is 4.79 Å². The Hall–Kier alpha value is -2.90. The van der Waals surface area contributed by atoms with Gasteiger partial charge in [0.05, 0.1) is 0 Å². The highest BCUT2D eigenvalue weighted by Crippen LogP contribution is 2.09. The van der Waals surface area contributed by atoms with Crippen molar-refractivity contribution >= 4 is 17.9 Å². The van der Waals surface area contributed by atoms with E-state index in [2.05, 4.69) is 15.9 Å². The van der Waals surface area contributed by atoms with Gasteiger partial charge >= 0.3 is 17.9 Å². The van der Waals surface area contributed by atoms with Gasteiger partial charge in [0, 0.05) is 13.3 Å². The number of amides is 2. The smallest absolute Gasteiger partial charge is 0.323 e. The number of hydrogen-bond acceptors (Lipinski definition) is 4. The lowest BCUT2D eigenvalue weighted by Gasteiger charge is -2.01. The van der Waals surface area contributed by atoms with Crippen LogP contribution in [0.5, 0.6) is 0 Å². The molecule has 8 heteroatoms. The Morgan fingerprint density at radius 1 is 1.36 bits per heavy atom. The van der Waals surface area contributed by atoms with Crippen molar-refractivity contribution in [2.75, 3.05) is 11.9 Å². The molecule has 3 N–H and O–H groups in total. The summed E-state index contributed by atoms with van der Waals surface area (Å²) in [6.45, 7) is 1.51. The molecule has 0 saturated heterocycles. The van der Waals surface area contributed by atoms with Gasteiger partial charge in [0.2, 0.25) is 5.27 Å². The molecule has 0 aliphatic rings. The van der Waals surface area contributed by atoms with Gasteiger partial charge in [-0.05, 0) is 10.2 Å². The molecule has 0 aliphatic carbocycles. The average molecular weight is 305 g/mol. The highest BCUT2D eigenvalue weighted by molar-refractivity contribution is 5.89. The lowest BCUT2D eigenvalue weighted by atomic mass is 10.1. The van der Waals surface area contributed by atoms with Gasteiger partial charge in [-0.1, -0.05) is 30.3 Å². The van der Waals surface area contributed by atoms with E-state index in [1.165, 1.54) is 5.56 Å². The van der Waals surface area contributed by atoms with Crippen molar-refractivity contribution in [2.45, 2.75) is 19.4 Å². The minimum absolute atomic E-state index is 0.0452. The van der Waals surface area contributed by atoms with E-state index in [4.69, 9.17) is 9.63 Å². The molecule has 0 bridgehead atoms. The minimum Gasteiger partial charge on any atom is -0.480 e. The standard InChI is InChI=1S/C14H16N4O4/c1-10(7-11-5-3-2-4-6-11)18-9-12(22-17-18)16-14(21)15-8-13(19)20/h2-6,9-10H,7-8H2,1H3,(H2-,15,16,17,19,20,21)/p+1/t10-/m1/s1. The van der Waals surface area contributed by atoms with Crippen molar-refractivity contribution < 1.29 is 23.9 Å². The first-order chi connectivity index (χ1) is 10.5. The van der Waals surface area contributed by atoms with Gasteiger partial charge in [0.1, 0.15) is 6.54 Å². The quantitative estimate of drug-likeness (QED) is 0.689. The molecule has 1 aromatic heterocycles. The van der Waals surface area contributed by atoms with Crippen molar-refractivity contribution in [3.8, 4) is 0 Å². The summed E-state index contributed by atoms with van der Waals surface area (Å²) >= 11 is 0. The number of carboxylic acids is 1. The van der Waals surface area contributed by atoms with Crippen molar-refractivity contribution in [3.63, 3.8) is 0 Å². The Labute approximate surface area is 126 Å². The fraction of sp³-hybridized carbons (Fsp3) is 0.286. The molecule has 2 amide bonds. The maximum absolute atomic E-state index is 11.4. The van der Waals surface area contributed by atoms with E-state index in [9.17, 15) is 9.59 Å². The number of carbonyl (C=O) groups excluding carboxylic acids is 1. The van der Waals surface area contributed by atoms with Crippen molar-refractivity contribution in [1.82, 2.24) is 10.6 Å². The largest absolute Gasteiger partial charge is 0.480 e. The van der Waals surface area contributed by atoms with E-state index in [0.29, 0.717) is 0 Å². The van der Waals surface area contributed by atoms with Crippen LogP contribution in [0.3, 0.4) is 0 Å². The van der Waals surface area contributed by atoms with Gasteiger partial charge in [-0.3, -0.25) is 14.6 Å². The molecule has 0 radical (unpaired) electrons. The SMILES string of the molecule is C[C@H](Cc1ccccc1)[n+]1cc(NC(=O)NCC(=O)O)on1. The second-order valence-electron chi connectivity index (χ2n) is 4.79.